The first-order chi connectivity index (χ1) is 13.2. The number of halogens is 3. The minimum atomic E-state index is -4.39. The largest absolute Gasteiger partial charge is 0.484 e. The van der Waals surface area contributed by atoms with E-state index in [9.17, 15) is 18.3 Å². The Hall–Kier alpha value is -2.68. The average Bonchev–Trinajstić information content (AvgIpc) is 3.18. The molecule has 0 fully saturated rings. The van der Waals surface area contributed by atoms with E-state index < -0.39 is 18.4 Å². The van der Waals surface area contributed by atoms with Crippen LogP contribution in [0.2, 0.25) is 0 Å². The molecule has 154 valence electrons. The second kappa shape index (κ2) is 9.50. The van der Waals surface area contributed by atoms with Crippen molar-refractivity contribution in [1.29, 1.82) is 0 Å². The van der Waals surface area contributed by atoms with Crippen LogP contribution in [0.4, 0.5) is 13.2 Å². The van der Waals surface area contributed by atoms with Crippen LogP contribution in [0.1, 0.15) is 25.2 Å². The van der Waals surface area contributed by atoms with Crippen molar-refractivity contribution in [1.82, 2.24) is 10.6 Å². The van der Waals surface area contributed by atoms with Gasteiger partial charge in [-0.15, -0.1) is 0 Å². The summed E-state index contributed by atoms with van der Waals surface area (Å²) in [7, 11) is 0. The number of aliphatic imine (C=N–C) groups is 1. The fourth-order valence-corrected chi connectivity index (χ4v) is 2.34. The first-order valence-electron chi connectivity index (χ1n) is 8.76. The Balaban J connectivity index is 1.98. The lowest BCUT2D eigenvalue weighted by molar-refractivity contribution is -0.153. The van der Waals surface area contributed by atoms with Gasteiger partial charge < -0.3 is 24.9 Å². The fraction of sp³-hybridized carbons (Fsp3) is 0.421. The molecule has 0 amide bonds. The number of nitrogens with zero attached hydrogens (tertiary/aromatic N) is 1. The standard InChI is InChI=1S/C19H24F3N3O3/c1-3-23-17(25-12-18(2,26)16-8-5-9-27-16)24-11-14-6-4-7-15(10-14)28-13-19(20,21)22/h4-10,26H,3,11-13H2,1-2H3,(H2,23,24,25). The maximum Gasteiger partial charge on any atom is 0.422 e. The zero-order valence-electron chi connectivity index (χ0n) is 15.7. The molecule has 0 saturated heterocycles. The average molecular weight is 399 g/mol. The van der Waals surface area contributed by atoms with Crippen molar-refractivity contribution < 1.29 is 27.4 Å². The number of guanidine groups is 1. The third kappa shape index (κ3) is 7.15. The van der Waals surface area contributed by atoms with Gasteiger partial charge in [0.05, 0.1) is 19.4 Å². The predicted octanol–water partition coefficient (Wildman–Crippen LogP) is 3.18. The van der Waals surface area contributed by atoms with Gasteiger partial charge >= 0.3 is 6.18 Å². The van der Waals surface area contributed by atoms with Crippen molar-refractivity contribution in [3.63, 3.8) is 0 Å². The number of aliphatic hydroxyl groups is 1. The van der Waals surface area contributed by atoms with Gasteiger partial charge in [0.2, 0.25) is 0 Å². The van der Waals surface area contributed by atoms with Gasteiger partial charge in [-0.3, -0.25) is 0 Å². The monoisotopic (exact) mass is 399 g/mol. The van der Waals surface area contributed by atoms with Crippen LogP contribution in [0.5, 0.6) is 5.75 Å². The summed E-state index contributed by atoms with van der Waals surface area (Å²) in [5.74, 6) is 1.00. The Kier molecular flexibility index (Phi) is 7.33. The van der Waals surface area contributed by atoms with Gasteiger partial charge in [-0.1, -0.05) is 12.1 Å². The van der Waals surface area contributed by atoms with Crippen molar-refractivity contribution in [2.45, 2.75) is 32.2 Å². The van der Waals surface area contributed by atoms with Gasteiger partial charge in [0, 0.05) is 6.54 Å². The Bertz CT molecular complexity index is 759. The number of hydrogen-bond acceptors (Lipinski definition) is 4. The van der Waals surface area contributed by atoms with Crippen LogP contribution in [0.3, 0.4) is 0 Å². The van der Waals surface area contributed by atoms with E-state index in [1.807, 2.05) is 6.92 Å². The predicted molar refractivity (Wildman–Crippen MR) is 99.1 cm³/mol. The second-order valence-corrected chi connectivity index (χ2v) is 6.35. The zero-order valence-corrected chi connectivity index (χ0v) is 15.7. The van der Waals surface area contributed by atoms with Crippen LogP contribution in [-0.4, -0.2) is 36.9 Å². The van der Waals surface area contributed by atoms with E-state index in [4.69, 9.17) is 9.15 Å². The molecule has 1 aromatic heterocycles. The topological polar surface area (TPSA) is 79.0 Å². The third-order valence-electron chi connectivity index (χ3n) is 3.72. The molecule has 0 aliphatic carbocycles. The highest BCUT2D eigenvalue weighted by atomic mass is 19.4. The van der Waals surface area contributed by atoms with Crippen molar-refractivity contribution in [3.05, 3.63) is 54.0 Å². The molecular weight excluding hydrogens is 375 g/mol. The quantitative estimate of drug-likeness (QED) is 0.469. The number of benzene rings is 1. The lowest BCUT2D eigenvalue weighted by atomic mass is 10.0. The van der Waals surface area contributed by atoms with Crippen LogP contribution in [-0.2, 0) is 12.1 Å². The summed E-state index contributed by atoms with van der Waals surface area (Å²) in [5.41, 5.74) is -0.542. The van der Waals surface area contributed by atoms with Crippen LogP contribution in [0, 0.1) is 0 Å². The second-order valence-electron chi connectivity index (χ2n) is 6.35. The number of ether oxygens (including phenoxy) is 1. The van der Waals surface area contributed by atoms with Crippen LogP contribution in [0.15, 0.2) is 52.1 Å². The molecule has 1 unspecified atom stereocenters. The van der Waals surface area contributed by atoms with Crippen LogP contribution in [0.25, 0.3) is 0 Å². The van der Waals surface area contributed by atoms with E-state index >= 15 is 0 Å². The summed E-state index contributed by atoms with van der Waals surface area (Å²) in [6, 6.07) is 9.70. The number of nitrogens with one attached hydrogen (secondary N) is 2. The summed E-state index contributed by atoms with van der Waals surface area (Å²) in [5, 5.41) is 16.6. The molecule has 28 heavy (non-hydrogen) atoms. The van der Waals surface area contributed by atoms with Crippen LogP contribution < -0.4 is 15.4 Å². The molecule has 0 bridgehead atoms. The van der Waals surface area contributed by atoms with Crippen molar-refractivity contribution in [2.24, 2.45) is 4.99 Å². The molecule has 0 aliphatic rings. The van der Waals surface area contributed by atoms with Gasteiger partial charge in [0.15, 0.2) is 12.6 Å². The molecule has 0 saturated carbocycles. The van der Waals surface area contributed by atoms with E-state index in [1.165, 1.54) is 18.4 Å². The van der Waals surface area contributed by atoms with E-state index in [0.29, 0.717) is 23.8 Å². The van der Waals surface area contributed by atoms with Gasteiger partial charge in [-0.05, 0) is 43.7 Å². The third-order valence-corrected chi connectivity index (χ3v) is 3.72. The first-order valence-corrected chi connectivity index (χ1v) is 8.76. The Morgan fingerprint density at radius 2 is 2.00 bits per heavy atom. The van der Waals surface area contributed by atoms with Gasteiger partial charge in [-0.25, -0.2) is 4.99 Å². The molecular formula is C19H24F3N3O3. The Morgan fingerprint density at radius 1 is 1.21 bits per heavy atom. The number of rotatable bonds is 8. The SMILES string of the molecule is CCNC(=NCc1cccc(OCC(F)(F)F)c1)NCC(C)(O)c1ccco1. The molecule has 1 aromatic carbocycles. The number of furan rings is 1. The summed E-state index contributed by atoms with van der Waals surface area (Å²) < 4.78 is 46.8. The molecule has 0 aliphatic heterocycles. The number of alkyl halides is 3. The summed E-state index contributed by atoms with van der Waals surface area (Å²) in [6.45, 7) is 3.15. The van der Waals surface area contributed by atoms with Crippen molar-refractivity contribution >= 4 is 5.96 Å². The van der Waals surface area contributed by atoms with Gasteiger partial charge in [-0.2, -0.15) is 13.2 Å². The lowest BCUT2D eigenvalue weighted by Gasteiger charge is -2.22. The number of hydrogen-bond donors (Lipinski definition) is 3. The van der Waals surface area contributed by atoms with E-state index in [2.05, 4.69) is 15.6 Å². The highest BCUT2D eigenvalue weighted by Crippen LogP contribution is 2.21. The molecule has 6 nitrogen and oxygen atoms in total. The molecule has 3 N–H and O–H groups in total. The zero-order chi connectivity index (χ0) is 20.6. The summed E-state index contributed by atoms with van der Waals surface area (Å²) in [6.07, 6.45) is -2.90. The smallest absolute Gasteiger partial charge is 0.422 e. The normalized spacial score (nSPS) is 14.4. The maximum absolute atomic E-state index is 12.3. The minimum Gasteiger partial charge on any atom is -0.484 e. The van der Waals surface area contributed by atoms with Gasteiger partial charge in [0.1, 0.15) is 17.1 Å². The van der Waals surface area contributed by atoms with E-state index in [0.717, 1.165) is 0 Å². The van der Waals surface area contributed by atoms with Crippen molar-refractivity contribution in [2.75, 3.05) is 19.7 Å². The Morgan fingerprint density at radius 3 is 2.64 bits per heavy atom. The highest BCUT2D eigenvalue weighted by molar-refractivity contribution is 5.79. The highest BCUT2D eigenvalue weighted by Gasteiger charge is 2.28. The van der Waals surface area contributed by atoms with Crippen molar-refractivity contribution in [3.8, 4) is 5.75 Å². The van der Waals surface area contributed by atoms with E-state index in [-0.39, 0.29) is 18.8 Å². The molecule has 0 radical (unpaired) electrons. The molecule has 9 heteroatoms. The maximum atomic E-state index is 12.3. The molecule has 2 aromatic rings. The van der Waals surface area contributed by atoms with Gasteiger partial charge in [0.25, 0.3) is 0 Å². The molecule has 1 heterocycles. The van der Waals surface area contributed by atoms with E-state index in [1.54, 1.807) is 31.2 Å². The summed E-state index contributed by atoms with van der Waals surface area (Å²) >= 11 is 0. The molecule has 1 atom stereocenters. The molecule has 2 rings (SSSR count). The summed E-state index contributed by atoms with van der Waals surface area (Å²) in [4.78, 5) is 4.39. The van der Waals surface area contributed by atoms with Crippen LogP contribution >= 0.6 is 0 Å². The molecule has 0 spiro atoms. The lowest BCUT2D eigenvalue weighted by Crippen LogP contribution is -2.44. The first kappa shape index (κ1) is 21.6. The Labute approximate surface area is 161 Å². The fourth-order valence-electron chi connectivity index (χ4n) is 2.34. The minimum absolute atomic E-state index is 0.128.